The topological polar surface area (TPSA) is 40.7 Å². The van der Waals surface area contributed by atoms with E-state index < -0.39 is 0 Å². The van der Waals surface area contributed by atoms with Crippen LogP contribution in [0, 0.1) is 11.7 Å². The van der Waals surface area contributed by atoms with Gasteiger partial charge in [0.1, 0.15) is 11.6 Å². The van der Waals surface area contributed by atoms with Crippen LogP contribution in [-0.4, -0.2) is 16.0 Å². The zero-order valence-electron chi connectivity index (χ0n) is 11.1. The number of hydrogen-bond acceptors (Lipinski definition) is 2. The average Bonchev–Trinajstić information content (AvgIpc) is 3.02. The van der Waals surface area contributed by atoms with Gasteiger partial charge in [-0.3, -0.25) is 0 Å². The molecule has 3 nitrogen and oxygen atoms in total. The minimum atomic E-state index is -0.249. The van der Waals surface area contributed by atoms with Crippen molar-refractivity contribution in [2.24, 2.45) is 5.92 Å². The maximum Gasteiger partial charge on any atom is 0.139 e. The Labute approximate surface area is 125 Å². The highest BCUT2D eigenvalue weighted by Gasteiger charge is 2.36. The first kappa shape index (κ1) is 12.8. The molecule has 0 radical (unpaired) electrons. The molecule has 0 spiro atoms. The Morgan fingerprint density at radius 3 is 2.95 bits per heavy atom. The first-order valence-electron chi connectivity index (χ1n) is 7.31. The molecule has 1 aliphatic carbocycles. The Morgan fingerprint density at radius 2 is 2.10 bits per heavy atom. The predicted molar refractivity (Wildman–Crippen MR) is 80.0 cm³/mol. The average molecular weight is 338 g/mol. The van der Waals surface area contributed by atoms with Gasteiger partial charge in [-0.1, -0.05) is 12.8 Å². The van der Waals surface area contributed by atoms with Crippen LogP contribution in [0.5, 0.6) is 0 Å². The number of imidazole rings is 1. The lowest BCUT2D eigenvalue weighted by Crippen LogP contribution is -2.30. The molecule has 2 fully saturated rings. The third kappa shape index (κ3) is 2.07. The second kappa shape index (κ2) is 4.81. The fourth-order valence-corrected chi connectivity index (χ4v) is 4.05. The van der Waals surface area contributed by atoms with E-state index in [2.05, 4.69) is 31.2 Å². The van der Waals surface area contributed by atoms with Gasteiger partial charge in [-0.15, -0.1) is 0 Å². The van der Waals surface area contributed by atoms with Crippen molar-refractivity contribution < 1.29 is 4.39 Å². The van der Waals surface area contributed by atoms with Gasteiger partial charge < -0.3 is 10.3 Å². The van der Waals surface area contributed by atoms with Gasteiger partial charge in [-0.05, 0) is 47.2 Å². The van der Waals surface area contributed by atoms with Crippen LogP contribution >= 0.6 is 15.9 Å². The monoisotopic (exact) mass is 337 g/mol. The van der Waals surface area contributed by atoms with E-state index in [9.17, 15) is 4.39 Å². The molecule has 1 aromatic heterocycles. The van der Waals surface area contributed by atoms with Crippen molar-refractivity contribution >= 4 is 27.0 Å². The molecule has 2 heterocycles. The van der Waals surface area contributed by atoms with Crippen molar-refractivity contribution in [3.63, 3.8) is 0 Å². The Morgan fingerprint density at radius 1 is 1.25 bits per heavy atom. The molecular weight excluding hydrogens is 321 g/mol. The van der Waals surface area contributed by atoms with E-state index in [0.717, 1.165) is 29.2 Å². The summed E-state index contributed by atoms with van der Waals surface area (Å²) in [5, 5.41) is 3.70. The Hall–Kier alpha value is -0.940. The van der Waals surface area contributed by atoms with Crippen LogP contribution < -0.4 is 5.32 Å². The molecule has 2 aromatic rings. The van der Waals surface area contributed by atoms with E-state index in [-0.39, 0.29) is 11.9 Å². The van der Waals surface area contributed by atoms with E-state index in [0.29, 0.717) is 10.5 Å². The summed E-state index contributed by atoms with van der Waals surface area (Å²) in [6.07, 6.45) is 6.44. The largest absolute Gasteiger partial charge is 0.341 e. The lowest BCUT2D eigenvalue weighted by Gasteiger charge is -2.24. The molecule has 1 aliphatic heterocycles. The van der Waals surface area contributed by atoms with E-state index in [4.69, 9.17) is 0 Å². The second-order valence-electron chi connectivity index (χ2n) is 6.01. The van der Waals surface area contributed by atoms with Crippen LogP contribution in [0.25, 0.3) is 11.0 Å². The SMILES string of the molecule is Fc1cc2[nH]c(C3CC4CCCCC4N3)nc2cc1Br. The summed E-state index contributed by atoms with van der Waals surface area (Å²) in [6.45, 7) is 0. The van der Waals surface area contributed by atoms with Crippen LogP contribution in [0.1, 0.15) is 44.0 Å². The number of H-pyrrole nitrogens is 1. The number of hydrogen-bond donors (Lipinski definition) is 2. The molecule has 0 bridgehead atoms. The third-order valence-electron chi connectivity index (χ3n) is 4.74. The van der Waals surface area contributed by atoms with Crippen molar-refractivity contribution in [2.75, 3.05) is 0 Å². The van der Waals surface area contributed by atoms with Gasteiger partial charge >= 0.3 is 0 Å². The number of fused-ring (bicyclic) bond motifs is 2. The van der Waals surface area contributed by atoms with Crippen LogP contribution in [0.3, 0.4) is 0 Å². The van der Waals surface area contributed by atoms with Gasteiger partial charge in [0.25, 0.3) is 0 Å². The Balaban J connectivity index is 1.65. The lowest BCUT2D eigenvalue weighted by molar-refractivity contribution is 0.325. The lowest BCUT2D eigenvalue weighted by atomic mass is 9.85. The summed E-state index contributed by atoms with van der Waals surface area (Å²) in [6, 6.07) is 4.19. The second-order valence-corrected chi connectivity index (χ2v) is 6.87. The zero-order valence-corrected chi connectivity index (χ0v) is 12.7. The van der Waals surface area contributed by atoms with Crippen LogP contribution in [-0.2, 0) is 0 Å². The van der Waals surface area contributed by atoms with E-state index in [1.54, 1.807) is 6.07 Å². The first-order valence-corrected chi connectivity index (χ1v) is 8.11. The van der Waals surface area contributed by atoms with E-state index >= 15 is 0 Å². The number of aromatic nitrogens is 2. The maximum absolute atomic E-state index is 13.6. The van der Waals surface area contributed by atoms with Crippen LogP contribution in [0.15, 0.2) is 16.6 Å². The molecule has 3 unspecified atom stereocenters. The minimum absolute atomic E-state index is 0.249. The highest BCUT2D eigenvalue weighted by Crippen LogP contribution is 2.38. The summed E-state index contributed by atoms with van der Waals surface area (Å²) >= 11 is 3.21. The van der Waals surface area contributed by atoms with Gasteiger partial charge in [-0.25, -0.2) is 9.37 Å². The molecule has 4 rings (SSSR count). The summed E-state index contributed by atoms with van der Waals surface area (Å²) in [7, 11) is 0. The van der Waals surface area contributed by atoms with Gasteiger partial charge in [0.15, 0.2) is 0 Å². The smallest absolute Gasteiger partial charge is 0.139 e. The molecule has 3 atom stereocenters. The first-order chi connectivity index (χ1) is 9.70. The number of rotatable bonds is 1. The van der Waals surface area contributed by atoms with Crippen LogP contribution in [0.2, 0.25) is 0 Å². The third-order valence-corrected chi connectivity index (χ3v) is 5.34. The van der Waals surface area contributed by atoms with E-state index in [1.165, 1.54) is 31.7 Å². The standard InChI is InChI=1S/C15H17BrFN3/c16-9-6-12-13(7-10(9)17)20-15(19-12)14-5-8-3-1-2-4-11(8)18-14/h6-8,11,14,18H,1-5H2,(H,19,20). The summed E-state index contributed by atoms with van der Waals surface area (Å²) in [5.74, 6) is 1.48. The maximum atomic E-state index is 13.6. The molecule has 2 N–H and O–H groups in total. The van der Waals surface area contributed by atoms with Crippen molar-refractivity contribution in [1.82, 2.24) is 15.3 Å². The normalized spacial score (nSPS) is 29.8. The van der Waals surface area contributed by atoms with Crippen molar-refractivity contribution in [2.45, 2.75) is 44.2 Å². The van der Waals surface area contributed by atoms with Gasteiger partial charge in [-0.2, -0.15) is 0 Å². The van der Waals surface area contributed by atoms with Gasteiger partial charge in [0, 0.05) is 12.1 Å². The molecule has 1 aromatic carbocycles. The predicted octanol–water partition coefficient (Wildman–Crippen LogP) is 4.06. The molecule has 1 saturated heterocycles. The number of halogens is 2. The minimum Gasteiger partial charge on any atom is -0.341 e. The molecule has 5 heteroatoms. The van der Waals surface area contributed by atoms with Gasteiger partial charge in [0.2, 0.25) is 0 Å². The van der Waals surface area contributed by atoms with Crippen LogP contribution in [0.4, 0.5) is 4.39 Å². The fourth-order valence-electron chi connectivity index (χ4n) is 3.72. The number of benzene rings is 1. The quantitative estimate of drug-likeness (QED) is 0.823. The van der Waals surface area contributed by atoms with Crippen molar-refractivity contribution in [3.05, 3.63) is 28.2 Å². The Kier molecular flexibility index (Phi) is 3.07. The summed E-state index contributed by atoms with van der Waals surface area (Å²) in [4.78, 5) is 7.92. The van der Waals surface area contributed by atoms with Gasteiger partial charge in [0.05, 0.1) is 21.5 Å². The number of aromatic amines is 1. The molecular formula is C15H17BrFN3. The Bertz CT molecular complexity index is 601. The van der Waals surface area contributed by atoms with E-state index in [1.807, 2.05) is 0 Å². The molecule has 2 aliphatic rings. The molecule has 20 heavy (non-hydrogen) atoms. The van der Waals surface area contributed by atoms with Crippen molar-refractivity contribution in [3.8, 4) is 0 Å². The zero-order chi connectivity index (χ0) is 13.7. The highest BCUT2D eigenvalue weighted by molar-refractivity contribution is 9.10. The fraction of sp³-hybridized carbons (Fsp3) is 0.533. The summed E-state index contributed by atoms with van der Waals surface area (Å²) < 4.78 is 14.0. The highest BCUT2D eigenvalue weighted by atomic mass is 79.9. The molecule has 1 saturated carbocycles. The summed E-state index contributed by atoms with van der Waals surface area (Å²) in [5.41, 5.74) is 1.60. The number of nitrogens with one attached hydrogen (secondary N) is 2. The number of nitrogens with zero attached hydrogens (tertiary/aromatic N) is 1. The van der Waals surface area contributed by atoms with Crippen molar-refractivity contribution in [1.29, 1.82) is 0 Å². The molecule has 106 valence electrons. The molecule has 0 amide bonds.